The van der Waals surface area contributed by atoms with E-state index in [-0.39, 0.29) is 16.9 Å². The summed E-state index contributed by atoms with van der Waals surface area (Å²) in [7, 11) is 3.01. The number of ether oxygens (including phenoxy) is 1. The number of methoxy groups -OCH3 is 1. The maximum absolute atomic E-state index is 13.5. The molecule has 2 aromatic carbocycles. The van der Waals surface area contributed by atoms with Crippen LogP contribution >= 0.6 is 0 Å². The van der Waals surface area contributed by atoms with Gasteiger partial charge in [0.05, 0.1) is 29.3 Å². The van der Waals surface area contributed by atoms with E-state index >= 15 is 0 Å². The van der Waals surface area contributed by atoms with Gasteiger partial charge in [-0.2, -0.15) is 5.10 Å². The number of hydrogen-bond acceptors (Lipinski definition) is 5. The average Bonchev–Trinajstić information content (AvgIpc) is 3.26. The first kappa shape index (κ1) is 18.0. The number of imide groups is 1. The zero-order valence-corrected chi connectivity index (χ0v) is 16.1. The van der Waals surface area contributed by atoms with E-state index in [1.165, 1.54) is 25.4 Å². The predicted molar refractivity (Wildman–Crippen MR) is 107 cm³/mol. The zero-order valence-electron chi connectivity index (χ0n) is 16.1. The SMILES string of the molecule is COc1ccc(-n2nc(-c3ccc(F)cc3)c3c4c(cnc32)C(=O)N(C)C4=O)cc1. The van der Waals surface area contributed by atoms with E-state index < -0.39 is 11.8 Å². The molecule has 0 fully saturated rings. The molecule has 30 heavy (non-hydrogen) atoms. The van der Waals surface area contributed by atoms with Gasteiger partial charge in [-0.3, -0.25) is 14.5 Å². The highest BCUT2D eigenvalue weighted by molar-refractivity contribution is 6.27. The number of nitrogens with zero attached hydrogens (tertiary/aromatic N) is 4. The molecule has 2 aromatic heterocycles. The topological polar surface area (TPSA) is 77.3 Å². The number of halogens is 1. The van der Waals surface area contributed by atoms with Crippen molar-refractivity contribution in [3.63, 3.8) is 0 Å². The summed E-state index contributed by atoms with van der Waals surface area (Å²) in [5.74, 6) is -0.524. The lowest BCUT2D eigenvalue weighted by Gasteiger charge is -2.05. The van der Waals surface area contributed by atoms with Gasteiger partial charge in [0.15, 0.2) is 5.65 Å². The van der Waals surface area contributed by atoms with E-state index in [4.69, 9.17) is 4.74 Å². The minimum atomic E-state index is -0.417. The molecule has 7 nitrogen and oxygen atoms in total. The fraction of sp³-hybridized carbons (Fsp3) is 0.0909. The maximum atomic E-state index is 13.5. The van der Waals surface area contributed by atoms with E-state index in [9.17, 15) is 14.0 Å². The van der Waals surface area contributed by atoms with Crippen LogP contribution in [0.3, 0.4) is 0 Å². The van der Waals surface area contributed by atoms with Crippen molar-refractivity contribution in [2.24, 2.45) is 0 Å². The molecule has 0 radical (unpaired) electrons. The van der Waals surface area contributed by atoms with Crippen LogP contribution in [0.1, 0.15) is 20.7 Å². The molecule has 0 bridgehead atoms. The minimum absolute atomic E-state index is 0.229. The van der Waals surface area contributed by atoms with Gasteiger partial charge in [0.1, 0.15) is 17.3 Å². The molecule has 4 aromatic rings. The van der Waals surface area contributed by atoms with Gasteiger partial charge in [0.2, 0.25) is 0 Å². The number of benzene rings is 2. The van der Waals surface area contributed by atoms with Gasteiger partial charge in [0.25, 0.3) is 11.8 Å². The Hall–Kier alpha value is -4.07. The average molecular weight is 402 g/mol. The smallest absolute Gasteiger partial charge is 0.262 e. The number of carbonyl (C=O) groups excluding carboxylic acids is 2. The van der Waals surface area contributed by atoms with E-state index in [1.54, 1.807) is 36.1 Å². The summed E-state index contributed by atoms with van der Waals surface area (Å²) in [6.07, 6.45) is 1.40. The molecule has 0 saturated heterocycles. The zero-order chi connectivity index (χ0) is 21.0. The lowest BCUT2D eigenvalue weighted by Crippen LogP contribution is -2.24. The second kappa shape index (κ2) is 6.48. The van der Waals surface area contributed by atoms with Gasteiger partial charge >= 0.3 is 0 Å². The summed E-state index contributed by atoms with van der Waals surface area (Å²) >= 11 is 0. The lowest BCUT2D eigenvalue weighted by molar-refractivity contribution is 0.0693. The normalized spacial score (nSPS) is 13.2. The number of rotatable bonds is 3. The monoisotopic (exact) mass is 402 g/mol. The summed E-state index contributed by atoms with van der Waals surface area (Å²) in [5.41, 5.74) is 2.67. The van der Waals surface area contributed by atoms with Crippen LogP contribution < -0.4 is 4.74 Å². The fourth-order valence-electron chi connectivity index (χ4n) is 3.62. The van der Waals surface area contributed by atoms with Gasteiger partial charge in [-0.25, -0.2) is 14.1 Å². The molecule has 0 unspecified atom stereocenters. The molecule has 0 atom stereocenters. The second-order valence-corrected chi connectivity index (χ2v) is 6.88. The van der Waals surface area contributed by atoms with Crippen molar-refractivity contribution in [2.75, 3.05) is 14.2 Å². The molecule has 0 N–H and O–H groups in total. The summed E-state index contributed by atoms with van der Waals surface area (Å²) in [6.45, 7) is 0. The van der Waals surface area contributed by atoms with Crippen molar-refractivity contribution in [1.29, 1.82) is 0 Å². The van der Waals surface area contributed by atoms with Crippen LogP contribution in [-0.4, -0.2) is 45.6 Å². The first-order valence-electron chi connectivity index (χ1n) is 9.14. The molecule has 2 amide bonds. The molecule has 8 heteroatoms. The molecule has 3 heterocycles. The minimum Gasteiger partial charge on any atom is -0.497 e. The van der Waals surface area contributed by atoms with Crippen molar-refractivity contribution in [3.8, 4) is 22.7 Å². The molecule has 1 aliphatic rings. The third-order valence-corrected chi connectivity index (χ3v) is 5.18. The quantitative estimate of drug-likeness (QED) is 0.491. The molecule has 148 valence electrons. The third kappa shape index (κ3) is 2.50. The Kier molecular flexibility index (Phi) is 3.89. The summed E-state index contributed by atoms with van der Waals surface area (Å²) in [5, 5.41) is 5.14. The van der Waals surface area contributed by atoms with E-state index in [2.05, 4.69) is 10.1 Å². The van der Waals surface area contributed by atoms with E-state index in [1.807, 2.05) is 12.1 Å². The highest BCUT2D eigenvalue weighted by Gasteiger charge is 2.37. The Morgan fingerprint density at radius 3 is 2.33 bits per heavy atom. The molecular weight excluding hydrogens is 387 g/mol. The van der Waals surface area contributed by atoms with Crippen LogP contribution in [0.4, 0.5) is 4.39 Å². The first-order valence-corrected chi connectivity index (χ1v) is 9.14. The summed E-state index contributed by atoms with van der Waals surface area (Å²) in [6, 6.07) is 13.0. The lowest BCUT2D eigenvalue weighted by atomic mass is 10.0. The van der Waals surface area contributed by atoms with Gasteiger partial charge < -0.3 is 4.74 Å². The van der Waals surface area contributed by atoms with Gasteiger partial charge in [-0.05, 0) is 48.5 Å². The Bertz CT molecular complexity index is 1330. The van der Waals surface area contributed by atoms with Crippen LogP contribution in [0.2, 0.25) is 0 Å². The van der Waals surface area contributed by atoms with Crippen LogP contribution in [-0.2, 0) is 0 Å². The molecule has 1 aliphatic heterocycles. The third-order valence-electron chi connectivity index (χ3n) is 5.18. The molecule has 0 aliphatic carbocycles. The number of hydrogen-bond donors (Lipinski definition) is 0. The van der Waals surface area contributed by atoms with E-state index in [0.717, 1.165) is 4.90 Å². The Morgan fingerprint density at radius 1 is 0.967 bits per heavy atom. The number of amides is 2. The maximum Gasteiger partial charge on any atom is 0.262 e. The van der Waals surface area contributed by atoms with Gasteiger partial charge in [-0.1, -0.05) is 0 Å². The second-order valence-electron chi connectivity index (χ2n) is 6.88. The number of fused-ring (bicyclic) bond motifs is 3. The number of pyridine rings is 1. The highest BCUT2D eigenvalue weighted by Crippen LogP contribution is 2.36. The Morgan fingerprint density at radius 2 is 1.67 bits per heavy atom. The molecule has 5 rings (SSSR count). The fourth-order valence-corrected chi connectivity index (χ4v) is 3.62. The van der Waals surface area contributed by atoms with Crippen LogP contribution in [0.5, 0.6) is 5.75 Å². The van der Waals surface area contributed by atoms with Crippen LogP contribution in [0.25, 0.3) is 28.0 Å². The van der Waals surface area contributed by atoms with Crippen molar-refractivity contribution >= 4 is 22.8 Å². The number of carbonyl (C=O) groups is 2. The predicted octanol–water partition coefficient (Wildman–Crippen LogP) is 3.46. The van der Waals surface area contributed by atoms with Crippen LogP contribution in [0.15, 0.2) is 54.7 Å². The van der Waals surface area contributed by atoms with E-state index in [0.29, 0.717) is 33.7 Å². The van der Waals surface area contributed by atoms with Crippen molar-refractivity contribution in [1.82, 2.24) is 19.7 Å². The van der Waals surface area contributed by atoms with Crippen molar-refractivity contribution < 1.29 is 18.7 Å². The van der Waals surface area contributed by atoms with Crippen molar-refractivity contribution in [3.05, 3.63) is 71.7 Å². The summed E-state index contributed by atoms with van der Waals surface area (Å²) in [4.78, 5) is 30.8. The first-order chi connectivity index (χ1) is 14.5. The standard InChI is InChI=1S/C22H15FN4O3/c1-26-21(28)16-11-24-20-18(17(16)22(26)29)19(12-3-5-13(23)6-4-12)25-27(20)14-7-9-15(30-2)10-8-14/h3-11H,1-2H3. The molecular formula is C22H15FN4O3. The summed E-state index contributed by atoms with van der Waals surface area (Å²) < 4.78 is 20.3. The van der Waals surface area contributed by atoms with Crippen LogP contribution in [0, 0.1) is 5.82 Å². The molecule has 0 spiro atoms. The van der Waals surface area contributed by atoms with Gasteiger partial charge in [0, 0.05) is 18.8 Å². The largest absolute Gasteiger partial charge is 0.497 e. The van der Waals surface area contributed by atoms with Gasteiger partial charge in [-0.15, -0.1) is 0 Å². The Balaban J connectivity index is 1.84. The Labute approximate surface area is 170 Å². The number of aromatic nitrogens is 3. The molecule has 0 saturated carbocycles. The highest BCUT2D eigenvalue weighted by atomic mass is 19.1. The van der Waals surface area contributed by atoms with Crippen molar-refractivity contribution in [2.45, 2.75) is 0 Å².